The van der Waals surface area contributed by atoms with Gasteiger partial charge < -0.3 is 0 Å². The molecule has 26 heavy (non-hydrogen) atoms. The van der Waals surface area contributed by atoms with E-state index in [0.29, 0.717) is 5.70 Å². The van der Waals surface area contributed by atoms with Gasteiger partial charge in [-0.1, -0.05) is 64.3 Å². The molecule has 2 aliphatic rings. The maximum atomic E-state index is 12.0. The number of carbonyl (C=O) groups is 1. The van der Waals surface area contributed by atoms with Gasteiger partial charge in [-0.2, -0.15) is 0 Å². The number of allylic oxidation sites excluding steroid dienone is 6. The fourth-order valence-electron chi connectivity index (χ4n) is 4.63. The molecule has 3 rings (SSSR count). The zero-order valence-corrected chi connectivity index (χ0v) is 16.2. The summed E-state index contributed by atoms with van der Waals surface area (Å²) in [7, 11) is 0. The van der Waals surface area contributed by atoms with Crippen LogP contribution in [0.15, 0.2) is 84.6 Å². The number of hydrogen-bond acceptors (Lipinski definition) is 1. The number of benzene rings is 1. The molecule has 1 saturated carbocycles. The Morgan fingerprint density at radius 2 is 1.73 bits per heavy atom. The molecule has 1 aliphatic heterocycles. The highest BCUT2D eigenvalue weighted by Gasteiger charge is 2.47. The van der Waals surface area contributed by atoms with E-state index < -0.39 is 0 Å². The normalized spacial score (nSPS) is 27.8. The summed E-state index contributed by atoms with van der Waals surface area (Å²) in [5.74, 6) is -0.0405. The molecule has 0 spiro atoms. The van der Waals surface area contributed by atoms with Crippen LogP contribution in [-0.4, -0.2) is 5.91 Å². The van der Waals surface area contributed by atoms with E-state index in [0.717, 1.165) is 12.1 Å². The summed E-state index contributed by atoms with van der Waals surface area (Å²) in [6.45, 7) is 16.8. The van der Waals surface area contributed by atoms with E-state index in [1.807, 2.05) is 18.2 Å². The standard InChI is InChI=1S/C24H27NO/c1-7-9-21-20(8-2)24(6,16-23(21,4)5)18-11-13-19(14-12-18)25-17(3)10-15-22(25)26/h7-15H,1,3,16H2,2,4-6H3/b20-8+,21-9?. The van der Waals surface area contributed by atoms with Crippen LogP contribution in [-0.2, 0) is 10.2 Å². The molecule has 1 aromatic rings. The van der Waals surface area contributed by atoms with Gasteiger partial charge in [-0.05, 0) is 53.7 Å². The molecule has 0 aromatic heterocycles. The lowest BCUT2D eigenvalue weighted by Crippen LogP contribution is -2.24. The molecular formula is C24H27NO. The largest absolute Gasteiger partial charge is 0.278 e. The first-order chi connectivity index (χ1) is 12.2. The summed E-state index contributed by atoms with van der Waals surface area (Å²) < 4.78 is 0. The van der Waals surface area contributed by atoms with E-state index in [1.54, 1.807) is 17.1 Å². The SMILES string of the molecule is C=CC=C1/C(=C\C)C(C)(c2ccc(N3C(=C)C=CC3=O)cc2)CC1(C)C. The molecule has 2 nitrogen and oxygen atoms in total. The first-order valence-corrected chi connectivity index (χ1v) is 9.06. The Kier molecular flexibility index (Phi) is 4.39. The second-order valence-electron chi connectivity index (χ2n) is 7.96. The Morgan fingerprint density at radius 3 is 2.23 bits per heavy atom. The van der Waals surface area contributed by atoms with Crippen molar-refractivity contribution in [1.29, 1.82) is 0 Å². The van der Waals surface area contributed by atoms with Crippen molar-refractivity contribution in [2.75, 3.05) is 4.90 Å². The second kappa shape index (κ2) is 6.28. The van der Waals surface area contributed by atoms with E-state index in [1.165, 1.54) is 16.7 Å². The maximum Gasteiger partial charge on any atom is 0.255 e. The number of anilines is 1. The third-order valence-electron chi connectivity index (χ3n) is 5.67. The summed E-state index contributed by atoms with van der Waals surface area (Å²) in [4.78, 5) is 13.7. The van der Waals surface area contributed by atoms with E-state index >= 15 is 0 Å². The minimum Gasteiger partial charge on any atom is -0.278 e. The molecule has 1 unspecified atom stereocenters. The van der Waals surface area contributed by atoms with E-state index in [9.17, 15) is 4.79 Å². The molecule has 0 radical (unpaired) electrons. The number of carbonyl (C=O) groups excluding carboxylic acids is 1. The van der Waals surface area contributed by atoms with Gasteiger partial charge in [0, 0.05) is 22.9 Å². The Bertz CT molecular complexity index is 846. The van der Waals surface area contributed by atoms with Gasteiger partial charge in [-0.15, -0.1) is 0 Å². The van der Waals surface area contributed by atoms with Gasteiger partial charge >= 0.3 is 0 Å². The summed E-state index contributed by atoms with van der Waals surface area (Å²) in [5, 5.41) is 0. The van der Waals surface area contributed by atoms with Crippen LogP contribution >= 0.6 is 0 Å². The number of nitrogens with zero attached hydrogens (tertiary/aromatic N) is 1. The van der Waals surface area contributed by atoms with Crippen molar-refractivity contribution in [2.24, 2.45) is 5.41 Å². The quantitative estimate of drug-likeness (QED) is 0.673. The fraction of sp³-hybridized carbons (Fsp3) is 0.292. The van der Waals surface area contributed by atoms with E-state index in [4.69, 9.17) is 0 Å². The van der Waals surface area contributed by atoms with Crippen LogP contribution in [0, 0.1) is 5.41 Å². The average molecular weight is 345 g/mol. The molecule has 1 atom stereocenters. The predicted octanol–water partition coefficient (Wildman–Crippen LogP) is 5.85. The lowest BCUT2D eigenvalue weighted by Gasteiger charge is -2.28. The van der Waals surface area contributed by atoms with Crippen LogP contribution in [0.1, 0.15) is 39.7 Å². The zero-order valence-electron chi connectivity index (χ0n) is 16.2. The maximum absolute atomic E-state index is 12.0. The molecular weight excluding hydrogens is 318 g/mol. The first kappa shape index (κ1) is 18.2. The smallest absolute Gasteiger partial charge is 0.255 e. The molecule has 0 saturated heterocycles. The number of rotatable bonds is 3. The van der Waals surface area contributed by atoms with Gasteiger partial charge in [0.25, 0.3) is 5.91 Å². The molecule has 1 aliphatic carbocycles. The van der Waals surface area contributed by atoms with Crippen molar-refractivity contribution < 1.29 is 4.79 Å². The van der Waals surface area contributed by atoms with Crippen LogP contribution in [0.25, 0.3) is 0 Å². The van der Waals surface area contributed by atoms with E-state index in [-0.39, 0.29) is 16.7 Å². The third kappa shape index (κ3) is 2.70. The van der Waals surface area contributed by atoms with Gasteiger partial charge in [0.15, 0.2) is 0 Å². The van der Waals surface area contributed by atoms with E-state index in [2.05, 4.69) is 65.1 Å². The molecule has 1 aromatic carbocycles. The van der Waals surface area contributed by atoms with Gasteiger partial charge in [0.05, 0.1) is 0 Å². The Labute approximate surface area is 156 Å². The Hall–Kier alpha value is -2.61. The minimum atomic E-state index is -0.0596. The summed E-state index contributed by atoms with van der Waals surface area (Å²) >= 11 is 0. The van der Waals surface area contributed by atoms with Gasteiger partial charge in [-0.3, -0.25) is 9.69 Å². The summed E-state index contributed by atoms with van der Waals surface area (Å²) in [6, 6.07) is 8.33. The Morgan fingerprint density at radius 1 is 1.08 bits per heavy atom. The Balaban J connectivity index is 2.01. The molecule has 134 valence electrons. The zero-order chi connectivity index (χ0) is 19.1. The second-order valence-corrected chi connectivity index (χ2v) is 7.96. The van der Waals surface area contributed by atoms with Crippen LogP contribution in [0.5, 0.6) is 0 Å². The monoisotopic (exact) mass is 345 g/mol. The van der Waals surface area contributed by atoms with Crippen molar-refractivity contribution in [3.05, 3.63) is 90.2 Å². The van der Waals surface area contributed by atoms with Crippen LogP contribution < -0.4 is 4.90 Å². The van der Waals surface area contributed by atoms with Crippen molar-refractivity contribution >= 4 is 11.6 Å². The minimum absolute atomic E-state index is 0.0405. The van der Waals surface area contributed by atoms with Crippen molar-refractivity contribution in [3.63, 3.8) is 0 Å². The molecule has 1 amide bonds. The van der Waals surface area contributed by atoms with Crippen molar-refractivity contribution in [3.8, 4) is 0 Å². The molecule has 0 N–H and O–H groups in total. The first-order valence-electron chi connectivity index (χ1n) is 9.06. The molecule has 0 bridgehead atoms. The van der Waals surface area contributed by atoms with Crippen molar-refractivity contribution in [1.82, 2.24) is 0 Å². The van der Waals surface area contributed by atoms with Crippen molar-refractivity contribution in [2.45, 2.75) is 39.5 Å². The highest BCUT2D eigenvalue weighted by Crippen LogP contribution is 2.57. The van der Waals surface area contributed by atoms with Crippen LogP contribution in [0.2, 0.25) is 0 Å². The molecule has 1 heterocycles. The summed E-state index contributed by atoms with van der Waals surface area (Å²) in [6.07, 6.45) is 10.6. The average Bonchev–Trinajstić information content (AvgIpc) is 3.02. The lowest BCUT2D eigenvalue weighted by molar-refractivity contribution is -0.113. The number of hydrogen-bond donors (Lipinski definition) is 0. The van der Waals surface area contributed by atoms with Gasteiger partial charge in [-0.25, -0.2) is 0 Å². The van der Waals surface area contributed by atoms with Gasteiger partial charge in [0.2, 0.25) is 0 Å². The lowest BCUT2D eigenvalue weighted by atomic mass is 9.76. The highest BCUT2D eigenvalue weighted by molar-refractivity contribution is 6.07. The van der Waals surface area contributed by atoms with Crippen LogP contribution in [0.3, 0.4) is 0 Å². The topological polar surface area (TPSA) is 20.3 Å². The highest BCUT2D eigenvalue weighted by atomic mass is 16.2. The fourth-order valence-corrected chi connectivity index (χ4v) is 4.63. The van der Waals surface area contributed by atoms with Crippen LogP contribution in [0.4, 0.5) is 5.69 Å². The molecule has 1 fully saturated rings. The summed E-state index contributed by atoms with van der Waals surface area (Å²) in [5.41, 5.74) is 5.58. The predicted molar refractivity (Wildman–Crippen MR) is 110 cm³/mol. The number of amides is 1. The molecule has 2 heteroatoms. The van der Waals surface area contributed by atoms with Gasteiger partial charge in [0.1, 0.15) is 0 Å². The third-order valence-corrected chi connectivity index (χ3v) is 5.67.